The molecule has 0 aliphatic heterocycles. The SMILES string of the molecule is COc1ccc(Br)cc1CC1CC(C(C)(C)C)CCC1=O. The van der Waals surface area contributed by atoms with Crippen LogP contribution in [0.4, 0.5) is 0 Å². The van der Waals surface area contributed by atoms with Crippen LogP contribution in [0.5, 0.6) is 5.75 Å². The average molecular weight is 353 g/mol. The predicted octanol–water partition coefficient (Wildman–Crippen LogP) is 5.03. The van der Waals surface area contributed by atoms with Crippen LogP contribution in [0.3, 0.4) is 0 Å². The lowest BCUT2D eigenvalue weighted by atomic mass is 9.67. The van der Waals surface area contributed by atoms with Gasteiger partial charge in [-0.25, -0.2) is 0 Å². The van der Waals surface area contributed by atoms with Crippen LogP contribution in [0, 0.1) is 17.3 Å². The molecule has 1 aliphatic rings. The van der Waals surface area contributed by atoms with Crippen LogP contribution in [0.2, 0.25) is 0 Å². The van der Waals surface area contributed by atoms with Gasteiger partial charge in [-0.05, 0) is 54.4 Å². The molecule has 0 amide bonds. The van der Waals surface area contributed by atoms with Gasteiger partial charge in [0.1, 0.15) is 11.5 Å². The minimum Gasteiger partial charge on any atom is -0.496 e. The molecule has 0 spiro atoms. The summed E-state index contributed by atoms with van der Waals surface area (Å²) in [5, 5.41) is 0. The second-order valence-electron chi connectivity index (χ2n) is 7.16. The Morgan fingerprint density at radius 3 is 2.67 bits per heavy atom. The molecular weight excluding hydrogens is 328 g/mol. The molecule has 0 radical (unpaired) electrons. The van der Waals surface area contributed by atoms with Gasteiger partial charge in [-0.3, -0.25) is 4.79 Å². The minimum atomic E-state index is 0.131. The van der Waals surface area contributed by atoms with E-state index in [2.05, 4.69) is 42.8 Å². The second kappa shape index (κ2) is 6.51. The summed E-state index contributed by atoms with van der Waals surface area (Å²) < 4.78 is 6.48. The zero-order valence-corrected chi connectivity index (χ0v) is 15.0. The molecule has 1 aromatic rings. The number of carbonyl (C=O) groups is 1. The third-order valence-electron chi connectivity index (χ3n) is 4.70. The summed E-state index contributed by atoms with van der Waals surface area (Å²) in [4.78, 5) is 12.3. The minimum absolute atomic E-state index is 0.131. The first-order valence-corrected chi connectivity index (χ1v) is 8.45. The molecule has 0 heterocycles. The van der Waals surface area contributed by atoms with Crippen LogP contribution in [0.1, 0.15) is 45.6 Å². The second-order valence-corrected chi connectivity index (χ2v) is 8.08. The van der Waals surface area contributed by atoms with Crippen molar-refractivity contribution >= 4 is 21.7 Å². The van der Waals surface area contributed by atoms with E-state index >= 15 is 0 Å². The number of benzene rings is 1. The lowest BCUT2D eigenvalue weighted by Gasteiger charge is -2.37. The van der Waals surface area contributed by atoms with Crippen LogP contribution in [0.15, 0.2) is 22.7 Å². The number of hydrogen-bond acceptors (Lipinski definition) is 2. The van der Waals surface area contributed by atoms with Crippen LogP contribution in [0.25, 0.3) is 0 Å². The fourth-order valence-electron chi connectivity index (χ4n) is 3.27. The smallest absolute Gasteiger partial charge is 0.136 e. The summed E-state index contributed by atoms with van der Waals surface area (Å²) in [7, 11) is 1.69. The molecule has 116 valence electrons. The molecule has 21 heavy (non-hydrogen) atoms. The summed E-state index contributed by atoms with van der Waals surface area (Å²) >= 11 is 3.51. The molecule has 2 unspecified atom stereocenters. The van der Waals surface area contributed by atoms with E-state index in [1.54, 1.807) is 7.11 Å². The molecule has 1 fully saturated rings. The quantitative estimate of drug-likeness (QED) is 0.762. The first kappa shape index (κ1) is 16.5. The predicted molar refractivity (Wildman–Crippen MR) is 89.7 cm³/mol. The number of methoxy groups -OCH3 is 1. The van der Waals surface area contributed by atoms with Crippen molar-refractivity contribution in [2.45, 2.75) is 46.5 Å². The fraction of sp³-hybridized carbons (Fsp3) is 0.611. The lowest BCUT2D eigenvalue weighted by molar-refractivity contribution is -0.126. The Balaban J connectivity index is 2.17. The van der Waals surface area contributed by atoms with Crippen LogP contribution < -0.4 is 4.74 Å². The van der Waals surface area contributed by atoms with E-state index in [-0.39, 0.29) is 11.3 Å². The maximum Gasteiger partial charge on any atom is 0.136 e. The summed E-state index contributed by atoms with van der Waals surface area (Å²) in [5.74, 6) is 2.05. The molecule has 3 heteroatoms. The van der Waals surface area contributed by atoms with Gasteiger partial charge in [0.2, 0.25) is 0 Å². The van der Waals surface area contributed by atoms with Crippen molar-refractivity contribution in [3.8, 4) is 5.75 Å². The van der Waals surface area contributed by atoms with Crippen molar-refractivity contribution in [3.63, 3.8) is 0 Å². The monoisotopic (exact) mass is 352 g/mol. The number of ketones is 1. The van der Waals surface area contributed by atoms with Gasteiger partial charge in [-0.2, -0.15) is 0 Å². The Hall–Kier alpha value is -0.830. The van der Waals surface area contributed by atoms with E-state index in [0.29, 0.717) is 11.7 Å². The molecule has 1 aliphatic carbocycles. The Bertz CT molecular complexity index is 516. The summed E-state index contributed by atoms with van der Waals surface area (Å²) in [6.07, 6.45) is 3.55. The molecule has 0 bridgehead atoms. The van der Waals surface area contributed by atoms with Gasteiger partial charge >= 0.3 is 0 Å². The largest absolute Gasteiger partial charge is 0.496 e. The first-order valence-electron chi connectivity index (χ1n) is 7.66. The van der Waals surface area contributed by atoms with Crippen molar-refractivity contribution in [1.29, 1.82) is 0 Å². The number of carbonyl (C=O) groups excluding carboxylic acids is 1. The number of ether oxygens (including phenoxy) is 1. The van der Waals surface area contributed by atoms with Crippen molar-refractivity contribution in [2.24, 2.45) is 17.3 Å². The van der Waals surface area contributed by atoms with E-state index in [9.17, 15) is 4.79 Å². The van der Waals surface area contributed by atoms with Crippen LogP contribution in [-0.2, 0) is 11.2 Å². The van der Waals surface area contributed by atoms with Gasteiger partial charge in [-0.1, -0.05) is 36.7 Å². The molecule has 1 aromatic carbocycles. The standard InChI is InChI=1S/C18H25BrO2/c1-18(2,3)14-5-7-16(20)12(10-14)9-13-11-15(19)6-8-17(13)21-4/h6,8,11-12,14H,5,7,9-10H2,1-4H3. The molecular formula is C18H25BrO2. The summed E-state index contributed by atoms with van der Waals surface area (Å²) in [5.41, 5.74) is 1.40. The van der Waals surface area contributed by atoms with Crippen molar-refractivity contribution < 1.29 is 9.53 Å². The molecule has 2 rings (SSSR count). The Morgan fingerprint density at radius 1 is 1.33 bits per heavy atom. The normalized spacial score (nSPS) is 23.2. The zero-order chi connectivity index (χ0) is 15.6. The third-order valence-corrected chi connectivity index (χ3v) is 5.19. The average Bonchev–Trinajstić information content (AvgIpc) is 2.40. The number of rotatable bonds is 3. The van der Waals surface area contributed by atoms with E-state index in [1.807, 2.05) is 12.1 Å². The third kappa shape index (κ3) is 4.09. The number of hydrogen-bond donors (Lipinski definition) is 0. The van der Waals surface area contributed by atoms with Gasteiger partial charge in [0.15, 0.2) is 0 Å². The van der Waals surface area contributed by atoms with Crippen molar-refractivity contribution in [2.75, 3.05) is 7.11 Å². The molecule has 2 nitrogen and oxygen atoms in total. The molecule has 0 N–H and O–H groups in total. The highest BCUT2D eigenvalue weighted by atomic mass is 79.9. The van der Waals surface area contributed by atoms with Gasteiger partial charge in [-0.15, -0.1) is 0 Å². The Labute approximate surface area is 136 Å². The molecule has 0 aromatic heterocycles. The maximum atomic E-state index is 12.3. The highest BCUT2D eigenvalue weighted by molar-refractivity contribution is 9.10. The molecule has 1 saturated carbocycles. The van der Waals surface area contributed by atoms with Gasteiger partial charge in [0.05, 0.1) is 7.11 Å². The van der Waals surface area contributed by atoms with E-state index < -0.39 is 0 Å². The lowest BCUT2D eigenvalue weighted by Crippen LogP contribution is -2.33. The Morgan fingerprint density at radius 2 is 2.05 bits per heavy atom. The topological polar surface area (TPSA) is 26.3 Å². The van der Waals surface area contributed by atoms with Gasteiger partial charge in [0, 0.05) is 16.8 Å². The summed E-state index contributed by atoms with van der Waals surface area (Å²) in [6.45, 7) is 6.85. The zero-order valence-electron chi connectivity index (χ0n) is 13.4. The maximum absolute atomic E-state index is 12.3. The van der Waals surface area contributed by atoms with Crippen LogP contribution in [-0.4, -0.2) is 12.9 Å². The van der Waals surface area contributed by atoms with E-state index in [4.69, 9.17) is 4.74 Å². The number of halogens is 1. The van der Waals surface area contributed by atoms with E-state index in [0.717, 1.165) is 41.5 Å². The van der Waals surface area contributed by atoms with Crippen molar-refractivity contribution in [1.82, 2.24) is 0 Å². The number of Topliss-reactive ketones (excluding diaryl/α,β-unsaturated/α-hetero) is 1. The van der Waals surface area contributed by atoms with E-state index in [1.165, 1.54) is 0 Å². The molecule has 0 saturated heterocycles. The van der Waals surface area contributed by atoms with Gasteiger partial charge < -0.3 is 4.74 Å². The van der Waals surface area contributed by atoms with Gasteiger partial charge in [0.25, 0.3) is 0 Å². The Kier molecular flexibility index (Phi) is 5.13. The highest BCUT2D eigenvalue weighted by Gasteiger charge is 2.35. The highest BCUT2D eigenvalue weighted by Crippen LogP contribution is 2.40. The first-order chi connectivity index (χ1) is 9.81. The molecule has 2 atom stereocenters. The summed E-state index contributed by atoms with van der Waals surface area (Å²) in [6, 6.07) is 6.02. The van der Waals surface area contributed by atoms with Crippen LogP contribution >= 0.6 is 15.9 Å². The fourth-order valence-corrected chi connectivity index (χ4v) is 3.68. The van der Waals surface area contributed by atoms with Crippen molar-refractivity contribution in [3.05, 3.63) is 28.2 Å².